The first-order valence-corrected chi connectivity index (χ1v) is 10.3. The molecule has 2 aromatic carbocycles. The van der Waals surface area contributed by atoms with E-state index in [1.54, 1.807) is 0 Å². The predicted molar refractivity (Wildman–Crippen MR) is 117 cm³/mol. The molecule has 164 valence electrons. The van der Waals surface area contributed by atoms with E-state index < -0.39 is 22.9 Å². The topological polar surface area (TPSA) is 65.1 Å². The fourth-order valence-electron chi connectivity index (χ4n) is 4.33. The summed E-state index contributed by atoms with van der Waals surface area (Å²) in [6, 6.07) is 11.7. The summed E-state index contributed by atoms with van der Waals surface area (Å²) in [5, 5.41) is 0. The lowest BCUT2D eigenvalue weighted by molar-refractivity contribution is 0.544. The van der Waals surface area contributed by atoms with Crippen molar-refractivity contribution in [1.29, 1.82) is 0 Å². The van der Waals surface area contributed by atoms with E-state index >= 15 is 0 Å². The largest absolute Gasteiger partial charge is 0.337 e. The van der Waals surface area contributed by atoms with Crippen LogP contribution in [0.3, 0.4) is 0 Å². The van der Waals surface area contributed by atoms with Gasteiger partial charge in [-0.15, -0.1) is 0 Å². The number of fused-ring (bicyclic) bond motifs is 2. The maximum absolute atomic E-state index is 14.5. The minimum atomic E-state index is -0.705. The van der Waals surface area contributed by atoms with Gasteiger partial charge in [-0.1, -0.05) is 30.3 Å². The summed E-state index contributed by atoms with van der Waals surface area (Å²) < 4.78 is 32.8. The van der Waals surface area contributed by atoms with Gasteiger partial charge < -0.3 is 4.90 Å². The average molecular weight is 437 g/mol. The summed E-state index contributed by atoms with van der Waals surface area (Å²) >= 11 is 0. The highest BCUT2D eigenvalue weighted by molar-refractivity contribution is 5.75. The number of nitrogens with zero attached hydrogens (tertiary/aromatic N) is 5. The van der Waals surface area contributed by atoms with Crippen LogP contribution in [0.1, 0.15) is 16.7 Å². The van der Waals surface area contributed by atoms with E-state index in [1.807, 2.05) is 23.1 Å². The van der Waals surface area contributed by atoms with Gasteiger partial charge in [-0.2, -0.15) is 4.98 Å². The van der Waals surface area contributed by atoms with Gasteiger partial charge in [-0.3, -0.25) is 18.5 Å². The standard InChI is InChI=1S/C23H21F2N5O2/c1-27-20-19(21(31)28(2)23(27)32)30(13-16-17(24)8-5-9-18(16)25)22(26-20)29-11-10-14-6-3-4-7-15(14)12-29/h3-9H,10-13H2,1-2H3. The molecule has 0 atom stereocenters. The second-order valence-electron chi connectivity index (χ2n) is 8.02. The van der Waals surface area contributed by atoms with Crippen LogP contribution in [-0.2, 0) is 33.6 Å². The molecule has 7 nitrogen and oxygen atoms in total. The second kappa shape index (κ2) is 7.44. The summed E-state index contributed by atoms with van der Waals surface area (Å²) in [5.41, 5.74) is 1.43. The van der Waals surface area contributed by atoms with Crippen LogP contribution < -0.4 is 16.1 Å². The smallest absolute Gasteiger partial charge is 0.332 e. The van der Waals surface area contributed by atoms with Crippen molar-refractivity contribution < 1.29 is 8.78 Å². The molecular weight excluding hydrogens is 416 g/mol. The first-order valence-electron chi connectivity index (χ1n) is 10.3. The molecule has 0 saturated carbocycles. The molecule has 0 N–H and O–H groups in total. The first-order chi connectivity index (χ1) is 15.4. The maximum Gasteiger partial charge on any atom is 0.332 e. The Labute approximate surface area is 181 Å². The van der Waals surface area contributed by atoms with E-state index in [2.05, 4.69) is 11.1 Å². The van der Waals surface area contributed by atoms with Crippen LogP contribution >= 0.6 is 0 Å². The first kappa shape index (κ1) is 20.2. The van der Waals surface area contributed by atoms with Crippen molar-refractivity contribution >= 4 is 17.1 Å². The van der Waals surface area contributed by atoms with Gasteiger partial charge in [0.05, 0.1) is 6.54 Å². The summed E-state index contributed by atoms with van der Waals surface area (Å²) in [6.07, 6.45) is 0.768. The third-order valence-electron chi connectivity index (χ3n) is 6.12. The van der Waals surface area contributed by atoms with Crippen LogP contribution in [0.2, 0.25) is 0 Å². The van der Waals surface area contributed by atoms with Crippen molar-refractivity contribution in [3.8, 4) is 0 Å². The van der Waals surface area contributed by atoms with Gasteiger partial charge in [-0.25, -0.2) is 13.6 Å². The van der Waals surface area contributed by atoms with Crippen molar-refractivity contribution in [2.24, 2.45) is 14.1 Å². The zero-order chi connectivity index (χ0) is 22.6. The molecule has 0 unspecified atom stereocenters. The van der Waals surface area contributed by atoms with E-state index in [1.165, 1.54) is 47.0 Å². The van der Waals surface area contributed by atoms with E-state index in [4.69, 9.17) is 0 Å². The average Bonchev–Trinajstić information content (AvgIpc) is 3.18. The number of aromatic nitrogens is 4. The fraction of sp³-hybridized carbons (Fsp3) is 0.261. The van der Waals surface area contributed by atoms with E-state index in [9.17, 15) is 18.4 Å². The lowest BCUT2D eigenvalue weighted by Crippen LogP contribution is -2.37. The Morgan fingerprint density at radius 3 is 2.34 bits per heavy atom. The van der Waals surface area contributed by atoms with Crippen molar-refractivity contribution in [2.75, 3.05) is 11.4 Å². The zero-order valence-corrected chi connectivity index (χ0v) is 17.7. The minimum Gasteiger partial charge on any atom is -0.337 e. The molecule has 0 bridgehead atoms. The SMILES string of the molecule is Cn1c(=O)c2c(nc(N3CCc4ccccc4C3)n2Cc2c(F)cccc2F)n(C)c1=O. The molecule has 0 amide bonds. The van der Waals surface area contributed by atoms with Gasteiger partial charge in [0, 0.05) is 32.7 Å². The number of rotatable bonds is 3. The van der Waals surface area contributed by atoms with Crippen LogP contribution in [0.5, 0.6) is 0 Å². The molecule has 3 heterocycles. The van der Waals surface area contributed by atoms with Crippen LogP contribution in [0.25, 0.3) is 11.2 Å². The Morgan fingerprint density at radius 2 is 1.62 bits per heavy atom. The van der Waals surface area contributed by atoms with E-state index in [0.29, 0.717) is 19.0 Å². The Morgan fingerprint density at radius 1 is 0.938 bits per heavy atom. The number of hydrogen-bond donors (Lipinski definition) is 0. The van der Waals surface area contributed by atoms with E-state index in [-0.39, 0.29) is 23.3 Å². The molecule has 1 aliphatic heterocycles. The molecule has 5 rings (SSSR count). The molecule has 1 aliphatic rings. The second-order valence-corrected chi connectivity index (χ2v) is 8.02. The number of aryl methyl sites for hydroxylation is 1. The summed E-state index contributed by atoms with van der Waals surface area (Å²) in [4.78, 5) is 32.1. The monoisotopic (exact) mass is 437 g/mol. The lowest BCUT2D eigenvalue weighted by Gasteiger charge is -2.30. The number of benzene rings is 2. The molecule has 0 aliphatic carbocycles. The molecule has 2 aromatic heterocycles. The third-order valence-corrected chi connectivity index (χ3v) is 6.12. The Bertz CT molecular complexity index is 1460. The number of imidazole rings is 1. The van der Waals surface area contributed by atoms with Crippen molar-refractivity contribution in [3.05, 3.63) is 91.6 Å². The lowest BCUT2D eigenvalue weighted by atomic mass is 10.0. The molecule has 4 aromatic rings. The molecule has 32 heavy (non-hydrogen) atoms. The summed E-state index contributed by atoms with van der Waals surface area (Å²) in [6.45, 7) is 0.928. The third kappa shape index (κ3) is 3.04. The van der Waals surface area contributed by atoms with Crippen molar-refractivity contribution in [1.82, 2.24) is 18.7 Å². The van der Waals surface area contributed by atoms with Gasteiger partial charge >= 0.3 is 5.69 Å². The Kier molecular flexibility index (Phi) is 4.69. The zero-order valence-electron chi connectivity index (χ0n) is 17.7. The quantitative estimate of drug-likeness (QED) is 0.494. The van der Waals surface area contributed by atoms with Gasteiger partial charge in [0.15, 0.2) is 11.2 Å². The van der Waals surface area contributed by atoms with Gasteiger partial charge in [-0.05, 0) is 29.7 Å². The normalized spacial score (nSPS) is 13.6. The summed E-state index contributed by atoms with van der Waals surface area (Å²) in [5.74, 6) is -1.01. The molecular formula is C23H21F2N5O2. The van der Waals surface area contributed by atoms with Crippen molar-refractivity contribution in [3.63, 3.8) is 0 Å². The van der Waals surface area contributed by atoms with Gasteiger partial charge in [0.1, 0.15) is 11.6 Å². The van der Waals surface area contributed by atoms with Crippen LogP contribution in [0.15, 0.2) is 52.1 Å². The molecule has 0 radical (unpaired) electrons. The molecule has 0 saturated heterocycles. The fourth-order valence-corrected chi connectivity index (χ4v) is 4.33. The molecule has 9 heteroatoms. The summed E-state index contributed by atoms with van der Waals surface area (Å²) in [7, 11) is 2.91. The Hall–Kier alpha value is -3.75. The maximum atomic E-state index is 14.5. The highest BCUT2D eigenvalue weighted by atomic mass is 19.1. The predicted octanol–water partition coefficient (Wildman–Crippen LogP) is 2.32. The highest BCUT2D eigenvalue weighted by Gasteiger charge is 2.26. The number of anilines is 1. The molecule has 0 spiro atoms. The van der Waals surface area contributed by atoms with Crippen LogP contribution in [-0.4, -0.2) is 25.2 Å². The van der Waals surface area contributed by atoms with Gasteiger partial charge in [0.25, 0.3) is 5.56 Å². The van der Waals surface area contributed by atoms with Crippen LogP contribution in [0.4, 0.5) is 14.7 Å². The minimum absolute atomic E-state index is 0.131. The van der Waals surface area contributed by atoms with Crippen molar-refractivity contribution in [2.45, 2.75) is 19.5 Å². The Balaban J connectivity index is 1.75. The van der Waals surface area contributed by atoms with Crippen LogP contribution in [0, 0.1) is 11.6 Å². The highest BCUT2D eigenvalue weighted by Crippen LogP contribution is 2.28. The van der Waals surface area contributed by atoms with E-state index in [0.717, 1.165) is 16.6 Å². The number of hydrogen-bond acceptors (Lipinski definition) is 4. The number of halogens is 2. The molecule has 0 fully saturated rings. The van der Waals surface area contributed by atoms with Gasteiger partial charge in [0.2, 0.25) is 5.95 Å².